The quantitative estimate of drug-likeness (QED) is 0.896. The standard InChI is InChI=1S/C15H21N3O/c1-11(2)8-9-16-15(19)10-18-14-7-5-4-6-13(14)12(3)17-18/h4-7,11H,8-10H2,1-3H3,(H,16,19). The lowest BCUT2D eigenvalue weighted by Crippen LogP contribution is -2.29. The molecular formula is C15H21N3O. The number of hydrogen-bond donors (Lipinski definition) is 1. The summed E-state index contributed by atoms with van der Waals surface area (Å²) >= 11 is 0. The van der Waals surface area contributed by atoms with E-state index in [0.29, 0.717) is 5.92 Å². The molecule has 0 unspecified atom stereocenters. The summed E-state index contributed by atoms with van der Waals surface area (Å²) < 4.78 is 1.77. The molecule has 0 radical (unpaired) electrons. The highest BCUT2D eigenvalue weighted by Gasteiger charge is 2.09. The fourth-order valence-electron chi connectivity index (χ4n) is 2.11. The van der Waals surface area contributed by atoms with E-state index < -0.39 is 0 Å². The molecule has 0 aliphatic rings. The second-order valence-electron chi connectivity index (χ2n) is 5.29. The molecule has 2 rings (SSSR count). The number of aryl methyl sites for hydroxylation is 1. The van der Waals surface area contributed by atoms with Gasteiger partial charge in [0.2, 0.25) is 5.91 Å². The van der Waals surface area contributed by atoms with Crippen molar-refractivity contribution < 1.29 is 4.79 Å². The lowest BCUT2D eigenvalue weighted by atomic mass is 10.1. The minimum atomic E-state index is 0.0221. The molecule has 1 N–H and O–H groups in total. The van der Waals surface area contributed by atoms with Crippen LogP contribution in [0.3, 0.4) is 0 Å². The van der Waals surface area contributed by atoms with Gasteiger partial charge in [-0.15, -0.1) is 0 Å². The Morgan fingerprint density at radius 2 is 2.11 bits per heavy atom. The molecule has 0 aliphatic heterocycles. The molecule has 0 atom stereocenters. The molecule has 4 nitrogen and oxygen atoms in total. The Labute approximate surface area is 113 Å². The summed E-state index contributed by atoms with van der Waals surface area (Å²) in [7, 11) is 0. The van der Waals surface area contributed by atoms with Crippen molar-refractivity contribution in [3.63, 3.8) is 0 Å². The van der Waals surface area contributed by atoms with Crippen molar-refractivity contribution in [2.24, 2.45) is 5.92 Å². The third-order valence-corrected chi connectivity index (χ3v) is 3.18. The number of nitrogens with zero attached hydrogens (tertiary/aromatic N) is 2. The number of nitrogens with one attached hydrogen (secondary N) is 1. The molecule has 0 aliphatic carbocycles. The first kappa shape index (κ1) is 13.6. The Balaban J connectivity index is 2.03. The van der Waals surface area contributed by atoms with Gasteiger partial charge < -0.3 is 5.32 Å². The highest BCUT2D eigenvalue weighted by atomic mass is 16.2. The van der Waals surface area contributed by atoms with E-state index in [2.05, 4.69) is 24.3 Å². The minimum Gasteiger partial charge on any atom is -0.354 e. The molecule has 19 heavy (non-hydrogen) atoms. The molecule has 0 spiro atoms. The van der Waals surface area contributed by atoms with Crippen LogP contribution in [0.1, 0.15) is 26.0 Å². The van der Waals surface area contributed by atoms with E-state index in [-0.39, 0.29) is 12.5 Å². The molecule has 0 saturated carbocycles. The lowest BCUT2D eigenvalue weighted by molar-refractivity contribution is -0.121. The van der Waals surface area contributed by atoms with E-state index in [1.165, 1.54) is 0 Å². The number of carbonyl (C=O) groups excluding carboxylic acids is 1. The molecule has 1 aromatic carbocycles. The summed E-state index contributed by atoms with van der Waals surface area (Å²) in [6.07, 6.45) is 1.00. The van der Waals surface area contributed by atoms with E-state index >= 15 is 0 Å². The normalized spacial score (nSPS) is 11.2. The lowest BCUT2D eigenvalue weighted by Gasteiger charge is -2.07. The van der Waals surface area contributed by atoms with Crippen LogP contribution in [0.5, 0.6) is 0 Å². The van der Waals surface area contributed by atoms with Gasteiger partial charge in [0, 0.05) is 11.9 Å². The van der Waals surface area contributed by atoms with Crippen LogP contribution >= 0.6 is 0 Å². The number of fused-ring (bicyclic) bond motifs is 1. The molecule has 0 bridgehead atoms. The van der Waals surface area contributed by atoms with E-state index in [4.69, 9.17) is 0 Å². The van der Waals surface area contributed by atoms with Gasteiger partial charge in [-0.2, -0.15) is 5.10 Å². The average Bonchev–Trinajstić information content (AvgIpc) is 2.66. The maximum atomic E-state index is 11.9. The van der Waals surface area contributed by atoms with Crippen molar-refractivity contribution in [2.45, 2.75) is 33.7 Å². The van der Waals surface area contributed by atoms with Crippen LogP contribution in [0.2, 0.25) is 0 Å². The summed E-state index contributed by atoms with van der Waals surface area (Å²) in [4.78, 5) is 11.9. The molecule has 1 heterocycles. The van der Waals surface area contributed by atoms with Gasteiger partial charge >= 0.3 is 0 Å². The van der Waals surface area contributed by atoms with Crippen LogP contribution in [0.15, 0.2) is 24.3 Å². The van der Waals surface area contributed by atoms with Gasteiger partial charge in [-0.3, -0.25) is 9.48 Å². The van der Waals surface area contributed by atoms with Crippen molar-refractivity contribution >= 4 is 16.8 Å². The number of amides is 1. The highest BCUT2D eigenvalue weighted by Crippen LogP contribution is 2.17. The summed E-state index contributed by atoms with van der Waals surface area (Å²) in [6, 6.07) is 7.99. The fourth-order valence-corrected chi connectivity index (χ4v) is 2.11. The number of aromatic nitrogens is 2. The number of carbonyl (C=O) groups is 1. The zero-order valence-corrected chi connectivity index (χ0v) is 11.8. The van der Waals surface area contributed by atoms with Crippen molar-refractivity contribution in [1.29, 1.82) is 0 Å². The maximum Gasteiger partial charge on any atom is 0.241 e. The highest BCUT2D eigenvalue weighted by molar-refractivity contribution is 5.84. The number of hydrogen-bond acceptors (Lipinski definition) is 2. The van der Waals surface area contributed by atoms with Crippen LogP contribution < -0.4 is 5.32 Å². The number of benzene rings is 1. The molecule has 4 heteroatoms. The van der Waals surface area contributed by atoms with Gasteiger partial charge in [0.15, 0.2) is 0 Å². The van der Waals surface area contributed by atoms with Crippen LogP contribution in [-0.2, 0) is 11.3 Å². The Morgan fingerprint density at radius 1 is 1.37 bits per heavy atom. The summed E-state index contributed by atoms with van der Waals surface area (Å²) in [5.41, 5.74) is 1.98. The van der Waals surface area contributed by atoms with Crippen molar-refractivity contribution in [1.82, 2.24) is 15.1 Å². The Morgan fingerprint density at radius 3 is 2.84 bits per heavy atom. The first-order valence-electron chi connectivity index (χ1n) is 6.76. The zero-order chi connectivity index (χ0) is 13.8. The molecule has 0 saturated heterocycles. The van der Waals surface area contributed by atoms with Gasteiger partial charge in [-0.1, -0.05) is 32.0 Å². The molecule has 2 aromatic rings. The van der Waals surface area contributed by atoms with E-state index in [9.17, 15) is 4.79 Å². The van der Waals surface area contributed by atoms with Gasteiger partial charge in [0.25, 0.3) is 0 Å². The van der Waals surface area contributed by atoms with E-state index in [1.54, 1.807) is 4.68 Å². The first-order chi connectivity index (χ1) is 9.08. The van der Waals surface area contributed by atoms with Crippen molar-refractivity contribution in [3.8, 4) is 0 Å². The smallest absolute Gasteiger partial charge is 0.241 e. The fraction of sp³-hybridized carbons (Fsp3) is 0.467. The third-order valence-electron chi connectivity index (χ3n) is 3.18. The van der Waals surface area contributed by atoms with Gasteiger partial charge in [0.05, 0.1) is 11.2 Å². The Kier molecular flexibility index (Phi) is 4.20. The number of rotatable bonds is 5. The Hall–Kier alpha value is -1.84. The van der Waals surface area contributed by atoms with Crippen LogP contribution in [0.25, 0.3) is 10.9 Å². The second kappa shape index (κ2) is 5.87. The molecule has 0 fully saturated rings. The number of para-hydroxylation sites is 1. The van der Waals surface area contributed by atoms with Crippen LogP contribution in [0.4, 0.5) is 0 Å². The molecule has 1 aromatic heterocycles. The SMILES string of the molecule is Cc1nn(CC(=O)NCCC(C)C)c2ccccc12. The van der Waals surface area contributed by atoms with Crippen molar-refractivity contribution in [3.05, 3.63) is 30.0 Å². The minimum absolute atomic E-state index is 0.0221. The predicted octanol–water partition coefficient (Wildman–Crippen LogP) is 2.51. The van der Waals surface area contributed by atoms with E-state index in [1.807, 2.05) is 31.2 Å². The van der Waals surface area contributed by atoms with Gasteiger partial charge in [0.1, 0.15) is 6.54 Å². The molecule has 102 valence electrons. The predicted molar refractivity (Wildman–Crippen MR) is 76.9 cm³/mol. The van der Waals surface area contributed by atoms with Crippen molar-refractivity contribution in [2.75, 3.05) is 6.54 Å². The topological polar surface area (TPSA) is 46.9 Å². The summed E-state index contributed by atoms with van der Waals surface area (Å²) in [5.74, 6) is 0.627. The van der Waals surface area contributed by atoms with E-state index in [0.717, 1.165) is 29.6 Å². The maximum absolute atomic E-state index is 11.9. The average molecular weight is 259 g/mol. The summed E-state index contributed by atoms with van der Waals surface area (Å²) in [6.45, 7) is 7.28. The monoisotopic (exact) mass is 259 g/mol. The van der Waals surface area contributed by atoms with Crippen LogP contribution in [-0.4, -0.2) is 22.2 Å². The second-order valence-corrected chi connectivity index (χ2v) is 5.29. The molecular weight excluding hydrogens is 238 g/mol. The Bertz CT molecular complexity index is 572. The third kappa shape index (κ3) is 3.34. The largest absolute Gasteiger partial charge is 0.354 e. The summed E-state index contributed by atoms with van der Waals surface area (Å²) in [5, 5.41) is 8.47. The van der Waals surface area contributed by atoms with Crippen LogP contribution in [0, 0.1) is 12.8 Å². The van der Waals surface area contributed by atoms with Gasteiger partial charge in [-0.25, -0.2) is 0 Å². The molecule has 1 amide bonds. The van der Waals surface area contributed by atoms with Gasteiger partial charge in [-0.05, 0) is 25.3 Å². The zero-order valence-electron chi connectivity index (χ0n) is 11.8. The first-order valence-corrected chi connectivity index (χ1v) is 6.76.